The molecule has 0 spiro atoms. The number of benzene rings is 2. The van der Waals surface area contributed by atoms with E-state index in [1.54, 1.807) is 24.3 Å². The molecule has 1 unspecified atom stereocenters. The molecule has 1 amide bonds. The summed E-state index contributed by atoms with van der Waals surface area (Å²) in [5.74, 6) is -0.862. The number of amidine groups is 1. The Balaban J connectivity index is 2.18. The molecule has 0 aromatic heterocycles. The largest absolute Gasteiger partial charge is 0.497 e. The average Bonchev–Trinajstić information content (AvgIpc) is 2.64. The van der Waals surface area contributed by atoms with Crippen molar-refractivity contribution in [2.24, 2.45) is 5.73 Å². The van der Waals surface area contributed by atoms with Gasteiger partial charge < -0.3 is 15.2 Å². The van der Waals surface area contributed by atoms with Crippen LogP contribution in [0.1, 0.15) is 22.8 Å². The second kappa shape index (κ2) is 8.64. The Labute approximate surface area is 155 Å². The molecule has 138 valence electrons. The number of rotatable bonds is 7. The zero-order chi connectivity index (χ0) is 19.3. The van der Waals surface area contributed by atoms with Crippen molar-refractivity contribution in [1.82, 2.24) is 4.42 Å². The SMILES string of the molecule is COc1ccc(F)c(C(OC)C(=O)N(Cl)Cc2ccc(C(=N)N)cc2)c1. The Bertz CT molecular complexity index is 799. The summed E-state index contributed by atoms with van der Waals surface area (Å²) in [5, 5.41) is 7.37. The number of hydrogen-bond donors (Lipinski definition) is 2. The van der Waals surface area contributed by atoms with Gasteiger partial charge in [-0.3, -0.25) is 10.2 Å². The Morgan fingerprint density at radius 3 is 2.46 bits per heavy atom. The number of amides is 1. The molecule has 0 aliphatic heterocycles. The Morgan fingerprint density at radius 1 is 1.27 bits per heavy atom. The van der Waals surface area contributed by atoms with Crippen molar-refractivity contribution in [3.05, 3.63) is 65.0 Å². The number of halogens is 2. The van der Waals surface area contributed by atoms with E-state index >= 15 is 0 Å². The highest BCUT2D eigenvalue weighted by atomic mass is 35.5. The van der Waals surface area contributed by atoms with Crippen molar-refractivity contribution >= 4 is 23.5 Å². The second-order valence-electron chi connectivity index (χ2n) is 5.47. The number of ether oxygens (including phenoxy) is 2. The molecule has 0 radical (unpaired) electrons. The van der Waals surface area contributed by atoms with Crippen LogP contribution in [0, 0.1) is 11.2 Å². The van der Waals surface area contributed by atoms with Crippen LogP contribution in [0.2, 0.25) is 0 Å². The van der Waals surface area contributed by atoms with Gasteiger partial charge in [-0.2, -0.15) is 0 Å². The van der Waals surface area contributed by atoms with Crippen molar-refractivity contribution in [2.75, 3.05) is 14.2 Å². The minimum Gasteiger partial charge on any atom is -0.497 e. The van der Waals surface area contributed by atoms with Crippen LogP contribution in [0.3, 0.4) is 0 Å². The molecule has 2 aromatic carbocycles. The van der Waals surface area contributed by atoms with Gasteiger partial charge in [-0.15, -0.1) is 0 Å². The molecule has 0 fully saturated rings. The van der Waals surface area contributed by atoms with E-state index in [2.05, 4.69) is 0 Å². The normalized spacial score (nSPS) is 11.7. The number of nitrogens with two attached hydrogens (primary N) is 1. The molecule has 0 aliphatic carbocycles. The maximum absolute atomic E-state index is 14.1. The van der Waals surface area contributed by atoms with Gasteiger partial charge in [0.15, 0.2) is 6.10 Å². The van der Waals surface area contributed by atoms with E-state index in [0.29, 0.717) is 11.3 Å². The summed E-state index contributed by atoms with van der Waals surface area (Å²) in [6, 6.07) is 10.8. The number of nitrogens with one attached hydrogen (secondary N) is 1. The number of nitrogen functional groups attached to an aromatic ring is 1. The topological polar surface area (TPSA) is 88.6 Å². The van der Waals surface area contributed by atoms with Gasteiger partial charge in [0.1, 0.15) is 17.4 Å². The van der Waals surface area contributed by atoms with Gasteiger partial charge in [-0.05, 0) is 23.8 Å². The van der Waals surface area contributed by atoms with Gasteiger partial charge in [-0.25, -0.2) is 8.81 Å². The predicted octanol–water partition coefficient (Wildman–Crippen LogP) is 2.99. The molecule has 3 N–H and O–H groups in total. The van der Waals surface area contributed by atoms with Gasteiger partial charge in [0, 0.05) is 30.0 Å². The third kappa shape index (κ3) is 4.50. The van der Waals surface area contributed by atoms with E-state index < -0.39 is 17.8 Å². The number of nitrogens with zero attached hydrogens (tertiary/aromatic N) is 1. The number of methoxy groups -OCH3 is 2. The van der Waals surface area contributed by atoms with E-state index in [1.165, 1.54) is 32.4 Å². The molecule has 6 nitrogen and oxygen atoms in total. The maximum Gasteiger partial charge on any atom is 0.271 e. The fourth-order valence-corrected chi connectivity index (χ4v) is 2.59. The third-order valence-electron chi connectivity index (χ3n) is 3.77. The van der Waals surface area contributed by atoms with Crippen LogP contribution in [0.25, 0.3) is 0 Å². The van der Waals surface area contributed by atoms with Crippen molar-refractivity contribution in [3.8, 4) is 5.75 Å². The number of hydrogen-bond acceptors (Lipinski definition) is 4. The van der Waals surface area contributed by atoms with Crippen LogP contribution >= 0.6 is 11.8 Å². The first-order valence-corrected chi connectivity index (χ1v) is 7.98. The molecule has 0 saturated heterocycles. The molecular weight excluding hydrogens is 361 g/mol. The lowest BCUT2D eigenvalue weighted by molar-refractivity contribution is -0.138. The second-order valence-corrected chi connectivity index (χ2v) is 5.88. The standard InChI is InChI=1S/C18H19ClFN3O3/c1-25-13-7-8-15(20)14(9-13)16(26-2)18(24)23(19)10-11-3-5-12(6-4-11)17(21)22/h3-9,16H,10H2,1-2H3,(H3,21,22). The molecular formula is C18H19ClFN3O3. The lowest BCUT2D eigenvalue weighted by Crippen LogP contribution is -2.29. The predicted molar refractivity (Wildman–Crippen MR) is 96.6 cm³/mol. The first kappa shape index (κ1) is 19.7. The molecule has 0 bridgehead atoms. The van der Waals surface area contributed by atoms with E-state index in [9.17, 15) is 9.18 Å². The Morgan fingerprint density at radius 2 is 1.92 bits per heavy atom. The summed E-state index contributed by atoms with van der Waals surface area (Å²) in [6.45, 7) is 0.0734. The number of carbonyl (C=O) groups is 1. The van der Waals surface area contributed by atoms with Gasteiger partial charge in [0.2, 0.25) is 0 Å². The molecule has 0 aliphatic rings. The van der Waals surface area contributed by atoms with Crippen molar-refractivity contribution in [3.63, 3.8) is 0 Å². The average molecular weight is 380 g/mol. The molecule has 2 rings (SSSR count). The fraction of sp³-hybridized carbons (Fsp3) is 0.222. The monoisotopic (exact) mass is 379 g/mol. The van der Waals surface area contributed by atoms with E-state index in [4.69, 9.17) is 32.4 Å². The zero-order valence-corrected chi connectivity index (χ0v) is 15.1. The number of carbonyl (C=O) groups excluding carboxylic acids is 1. The molecule has 8 heteroatoms. The third-order valence-corrected chi connectivity index (χ3v) is 4.06. The smallest absolute Gasteiger partial charge is 0.271 e. The van der Waals surface area contributed by atoms with Crippen LogP contribution in [-0.2, 0) is 16.1 Å². The quantitative estimate of drug-likeness (QED) is 0.439. The van der Waals surface area contributed by atoms with Crippen molar-refractivity contribution in [1.29, 1.82) is 5.41 Å². The first-order chi connectivity index (χ1) is 12.4. The lowest BCUT2D eigenvalue weighted by atomic mass is 10.1. The highest BCUT2D eigenvalue weighted by molar-refractivity contribution is 6.21. The summed E-state index contributed by atoms with van der Waals surface area (Å²) >= 11 is 6.10. The summed E-state index contributed by atoms with van der Waals surface area (Å²) in [5.41, 5.74) is 6.73. The highest BCUT2D eigenvalue weighted by Crippen LogP contribution is 2.27. The molecule has 2 aromatic rings. The molecule has 1 atom stereocenters. The van der Waals surface area contributed by atoms with Crippen LogP contribution in [0.15, 0.2) is 42.5 Å². The van der Waals surface area contributed by atoms with E-state index in [-0.39, 0.29) is 17.9 Å². The fourth-order valence-electron chi connectivity index (χ4n) is 2.37. The van der Waals surface area contributed by atoms with Crippen molar-refractivity contribution in [2.45, 2.75) is 12.6 Å². The minimum atomic E-state index is -1.21. The summed E-state index contributed by atoms with van der Waals surface area (Å²) in [7, 11) is 2.74. The lowest BCUT2D eigenvalue weighted by Gasteiger charge is -2.21. The molecule has 0 heterocycles. The Kier molecular flexibility index (Phi) is 6.54. The van der Waals surface area contributed by atoms with Gasteiger partial charge in [0.25, 0.3) is 5.91 Å². The first-order valence-electron chi connectivity index (χ1n) is 7.64. The zero-order valence-electron chi connectivity index (χ0n) is 14.3. The minimum absolute atomic E-state index is 0.0365. The maximum atomic E-state index is 14.1. The van der Waals surface area contributed by atoms with Crippen LogP contribution in [0.5, 0.6) is 5.75 Å². The van der Waals surface area contributed by atoms with E-state index in [0.717, 1.165) is 9.98 Å². The highest BCUT2D eigenvalue weighted by Gasteiger charge is 2.28. The summed E-state index contributed by atoms with van der Waals surface area (Å²) in [4.78, 5) is 12.6. The molecule has 0 saturated carbocycles. The van der Waals surface area contributed by atoms with Gasteiger partial charge in [0.05, 0.1) is 13.7 Å². The van der Waals surface area contributed by atoms with Crippen LogP contribution in [-0.4, -0.2) is 30.4 Å². The van der Waals surface area contributed by atoms with Crippen molar-refractivity contribution < 1.29 is 18.7 Å². The van der Waals surface area contributed by atoms with Crippen LogP contribution < -0.4 is 10.5 Å². The van der Waals surface area contributed by atoms with E-state index in [1.807, 2.05) is 0 Å². The van der Waals surface area contributed by atoms with Crippen LogP contribution in [0.4, 0.5) is 4.39 Å². The summed E-state index contributed by atoms with van der Waals surface area (Å²) in [6.07, 6.45) is -1.21. The Hall–Kier alpha value is -2.64. The van der Waals surface area contributed by atoms with Gasteiger partial charge >= 0.3 is 0 Å². The van der Waals surface area contributed by atoms with Gasteiger partial charge in [-0.1, -0.05) is 24.3 Å². The summed E-state index contributed by atoms with van der Waals surface area (Å²) < 4.78 is 25.3. The molecule has 26 heavy (non-hydrogen) atoms.